The molecular formula is C15H13ClO4. The predicted octanol–water partition coefficient (Wildman–Crippen LogP) is 3.43. The molecule has 0 atom stereocenters. The number of rotatable bonds is 5. The van der Waals surface area contributed by atoms with Crippen LogP contribution in [-0.2, 0) is 10.6 Å². The van der Waals surface area contributed by atoms with E-state index in [0.717, 1.165) is 0 Å². The number of ketones is 1. The molecule has 5 heteroatoms. The molecule has 1 heterocycles. The molecule has 1 aromatic heterocycles. The number of carbonyl (C=O) groups excluding carboxylic acids is 2. The van der Waals surface area contributed by atoms with Crippen molar-refractivity contribution in [3.8, 4) is 0 Å². The number of benzene rings is 1. The SMILES string of the molecule is CCOC(=O)c1cc(C(=O)c2ccccc2)oc1CCl. The smallest absolute Gasteiger partial charge is 0.341 e. The molecule has 1 aromatic carbocycles. The van der Waals surface area contributed by atoms with E-state index >= 15 is 0 Å². The summed E-state index contributed by atoms with van der Waals surface area (Å²) in [6.45, 7) is 1.95. The second kappa shape index (κ2) is 6.39. The predicted molar refractivity (Wildman–Crippen MR) is 74.1 cm³/mol. The van der Waals surface area contributed by atoms with Gasteiger partial charge in [-0.25, -0.2) is 4.79 Å². The maximum atomic E-state index is 12.2. The summed E-state index contributed by atoms with van der Waals surface area (Å²) in [5, 5.41) is 0. The summed E-state index contributed by atoms with van der Waals surface area (Å²) in [5.41, 5.74) is 0.680. The minimum Gasteiger partial charge on any atom is -0.462 e. The lowest BCUT2D eigenvalue weighted by molar-refractivity contribution is 0.0524. The van der Waals surface area contributed by atoms with Gasteiger partial charge in [-0.3, -0.25) is 4.79 Å². The third-order valence-electron chi connectivity index (χ3n) is 2.69. The van der Waals surface area contributed by atoms with Crippen LogP contribution >= 0.6 is 11.6 Å². The summed E-state index contributed by atoms with van der Waals surface area (Å²) in [5.74, 6) is -0.526. The average molecular weight is 293 g/mol. The van der Waals surface area contributed by atoms with Gasteiger partial charge >= 0.3 is 5.97 Å². The second-order valence-electron chi connectivity index (χ2n) is 4.00. The van der Waals surface area contributed by atoms with Crippen LogP contribution in [0.25, 0.3) is 0 Å². The number of alkyl halides is 1. The van der Waals surface area contributed by atoms with Crippen LogP contribution in [0.15, 0.2) is 40.8 Å². The Morgan fingerprint density at radius 3 is 2.55 bits per heavy atom. The molecule has 0 aliphatic rings. The van der Waals surface area contributed by atoms with Crippen LogP contribution in [0.3, 0.4) is 0 Å². The summed E-state index contributed by atoms with van der Waals surface area (Å²) in [4.78, 5) is 24.0. The second-order valence-corrected chi connectivity index (χ2v) is 4.26. The van der Waals surface area contributed by atoms with Gasteiger partial charge in [-0.15, -0.1) is 11.6 Å². The molecule has 20 heavy (non-hydrogen) atoms. The van der Waals surface area contributed by atoms with E-state index in [0.29, 0.717) is 5.56 Å². The van der Waals surface area contributed by atoms with E-state index < -0.39 is 5.97 Å². The number of furan rings is 1. The Morgan fingerprint density at radius 2 is 1.95 bits per heavy atom. The van der Waals surface area contributed by atoms with Crippen molar-refractivity contribution in [3.05, 3.63) is 59.0 Å². The first-order chi connectivity index (χ1) is 9.67. The van der Waals surface area contributed by atoms with Crippen LogP contribution in [0, 0.1) is 0 Å². The number of carbonyl (C=O) groups is 2. The Kier molecular flexibility index (Phi) is 4.58. The van der Waals surface area contributed by atoms with Crippen LogP contribution in [0.2, 0.25) is 0 Å². The van der Waals surface area contributed by atoms with Gasteiger partial charge in [0.2, 0.25) is 5.78 Å². The van der Waals surface area contributed by atoms with Crippen LogP contribution in [0.1, 0.15) is 39.2 Å². The monoisotopic (exact) mass is 292 g/mol. The van der Waals surface area contributed by atoms with Crippen molar-refractivity contribution in [1.29, 1.82) is 0 Å². The van der Waals surface area contributed by atoms with E-state index in [4.69, 9.17) is 20.8 Å². The first kappa shape index (κ1) is 14.3. The zero-order valence-corrected chi connectivity index (χ0v) is 11.6. The molecule has 0 aliphatic carbocycles. The molecule has 0 aliphatic heterocycles. The molecule has 104 valence electrons. The molecule has 0 unspecified atom stereocenters. The van der Waals surface area contributed by atoms with Crippen LogP contribution in [0.4, 0.5) is 0 Å². The fraction of sp³-hybridized carbons (Fsp3) is 0.200. The van der Waals surface area contributed by atoms with Crippen molar-refractivity contribution in [2.75, 3.05) is 6.61 Å². The Hall–Kier alpha value is -2.07. The fourth-order valence-electron chi connectivity index (χ4n) is 1.75. The lowest BCUT2D eigenvalue weighted by atomic mass is 10.1. The van der Waals surface area contributed by atoms with E-state index in [9.17, 15) is 9.59 Å². The molecule has 0 saturated carbocycles. The third-order valence-corrected chi connectivity index (χ3v) is 2.93. The van der Waals surface area contributed by atoms with Gasteiger partial charge in [0, 0.05) is 11.6 Å². The highest BCUT2D eigenvalue weighted by molar-refractivity contribution is 6.17. The summed E-state index contributed by atoms with van der Waals surface area (Å²) >= 11 is 5.73. The Bertz CT molecular complexity index is 616. The summed E-state index contributed by atoms with van der Waals surface area (Å²) in [6.07, 6.45) is 0. The highest BCUT2D eigenvalue weighted by Crippen LogP contribution is 2.21. The van der Waals surface area contributed by atoms with Gasteiger partial charge in [-0.05, 0) is 6.92 Å². The van der Waals surface area contributed by atoms with E-state index in [1.807, 2.05) is 6.07 Å². The molecule has 0 amide bonds. The van der Waals surface area contributed by atoms with Crippen molar-refractivity contribution in [2.24, 2.45) is 0 Å². The molecular weight excluding hydrogens is 280 g/mol. The summed E-state index contributed by atoms with van der Waals surface area (Å²) in [7, 11) is 0. The van der Waals surface area contributed by atoms with Gasteiger partial charge in [-0.2, -0.15) is 0 Å². The zero-order chi connectivity index (χ0) is 14.5. The highest BCUT2D eigenvalue weighted by atomic mass is 35.5. The minimum atomic E-state index is -0.543. The molecule has 2 aromatic rings. The van der Waals surface area contributed by atoms with Gasteiger partial charge in [0.1, 0.15) is 11.3 Å². The van der Waals surface area contributed by atoms with E-state index in [-0.39, 0.29) is 35.4 Å². The quantitative estimate of drug-likeness (QED) is 0.481. The lowest BCUT2D eigenvalue weighted by Gasteiger charge is -1.98. The number of hydrogen-bond acceptors (Lipinski definition) is 4. The Labute approximate surface area is 121 Å². The maximum Gasteiger partial charge on any atom is 0.341 e. The first-order valence-corrected chi connectivity index (χ1v) is 6.66. The van der Waals surface area contributed by atoms with E-state index in [2.05, 4.69) is 0 Å². The normalized spacial score (nSPS) is 10.3. The number of hydrogen-bond donors (Lipinski definition) is 0. The van der Waals surface area contributed by atoms with E-state index in [1.165, 1.54) is 6.07 Å². The largest absolute Gasteiger partial charge is 0.462 e. The number of halogens is 1. The maximum absolute atomic E-state index is 12.2. The van der Waals surface area contributed by atoms with Crippen LogP contribution < -0.4 is 0 Å². The number of ether oxygens (including phenoxy) is 1. The zero-order valence-electron chi connectivity index (χ0n) is 10.9. The van der Waals surface area contributed by atoms with Crippen molar-refractivity contribution in [1.82, 2.24) is 0 Å². The van der Waals surface area contributed by atoms with Gasteiger partial charge < -0.3 is 9.15 Å². The molecule has 0 saturated heterocycles. The molecule has 0 spiro atoms. The van der Waals surface area contributed by atoms with Crippen molar-refractivity contribution < 1.29 is 18.7 Å². The number of esters is 1. The van der Waals surface area contributed by atoms with Crippen molar-refractivity contribution >= 4 is 23.4 Å². The molecule has 0 N–H and O–H groups in total. The minimum absolute atomic E-state index is 0.00375. The fourth-order valence-corrected chi connectivity index (χ4v) is 1.95. The molecule has 4 nitrogen and oxygen atoms in total. The standard InChI is InChI=1S/C15H13ClO4/c1-2-19-15(18)11-8-12(20-13(11)9-16)14(17)10-6-4-3-5-7-10/h3-8H,2,9H2,1H3. The summed E-state index contributed by atoms with van der Waals surface area (Å²) in [6, 6.07) is 10.1. The molecule has 0 fully saturated rings. The topological polar surface area (TPSA) is 56.5 Å². The molecule has 0 bridgehead atoms. The highest BCUT2D eigenvalue weighted by Gasteiger charge is 2.22. The lowest BCUT2D eigenvalue weighted by Crippen LogP contribution is -2.05. The molecule has 0 radical (unpaired) electrons. The first-order valence-electron chi connectivity index (χ1n) is 6.13. The Balaban J connectivity index is 2.34. The van der Waals surface area contributed by atoms with Gasteiger partial charge in [0.15, 0.2) is 5.76 Å². The molecule has 2 rings (SSSR count). The van der Waals surface area contributed by atoms with Crippen LogP contribution in [-0.4, -0.2) is 18.4 Å². The van der Waals surface area contributed by atoms with Gasteiger partial charge in [-0.1, -0.05) is 30.3 Å². The van der Waals surface area contributed by atoms with Crippen molar-refractivity contribution in [2.45, 2.75) is 12.8 Å². The average Bonchev–Trinajstić information content (AvgIpc) is 2.92. The van der Waals surface area contributed by atoms with Crippen molar-refractivity contribution in [3.63, 3.8) is 0 Å². The van der Waals surface area contributed by atoms with Crippen LogP contribution in [0.5, 0.6) is 0 Å². The van der Waals surface area contributed by atoms with E-state index in [1.54, 1.807) is 31.2 Å². The third kappa shape index (κ3) is 2.91. The Morgan fingerprint density at radius 1 is 1.25 bits per heavy atom. The van der Waals surface area contributed by atoms with Gasteiger partial charge in [0.25, 0.3) is 0 Å². The summed E-state index contributed by atoms with van der Waals surface area (Å²) < 4.78 is 10.3. The van der Waals surface area contributed by atoms with Gasteiger partial charge in [0.05, 0.1) is 12.5 Å².